The second-order valence-electron chi connectivity index (χ2n) is 7.11. The van der Waals surface area contributed by atoms with E-state index in [9.17, 15) is 17.6 Å². The van der Waals surface area contributed by atoms with E-state index >= 15 is 0 Å². The van der Waals surface area contributed by atoms with Crippen LogP contribution in [-0.4, -0.2) is 20.6 Å². The van der Waals surface area contributed by atoms with Crippen LogP contribution in [0.4, 0.5) is 10.1 Å². The van der Waals surface area contributed by atoms with Gasteiger partial charge in [0.05, 0.1) is 10.6 Å². The summed E-state index contributed by atoms with van der Waals surface area (Å²) < 4.78 is 36.9. The van der Waals surface area contributed by atoms with Crippen LogP contribution in [0.1, 0.15) is 31.9 Å². The van der Waals surface area contributed by atoms with Gasteiger partial charge in [-0.25, -0.2) is 12.8 Å². The number of nitrogens with one attached hydrogen (secondary N) is 1. The van der Waals surface area contributed by atoms with Gasteiger partial charge in [0.15, 0.2) is 9.84 Å². The topological polar surface area (TPSA) is 63.2 Å². The van der Waals surface area contributed by atoms with Crippen LogP contribution >= 0.6 is 0 Å². The lowest BCUT2D eigenvalue weighted by molar-refractivity contribution is -0.111. The standard InChI is InChI=1S/C20H22FNO3S/c1-20(2,3)15-8-5-14(6-9-15)7-12-19(23)22-18-13-16(26(4,24)25)10-11-17(18)21/h5-13H,1-4H3,(H,22,23)/b12-7+. The number of carbonyl (C=O) groups excluding carboxylic acids is 1. The summed E-state index contributed by atoms with van der Waals surface area (Å²) >= 11 is 0. The molecule has 0 saturated heterocycles. The lowest BCUT2D eigenvalue weighted by Crippen LogP contribution is -2.11. The number of amides is 1. The number of benzene rings is 2. The molecule has 0 aliphatic rings. The van der Waals surface area contributed by atoms with Gasteiger partial charge in [0.1, 0.15) is 5.82 Å². The van der Waals surface area contributed by atoms with Crippen molar-refractivity contribution in [2.75, 3.05) is 11.6 Å². The lowest BCUT2D eigenvalue weighted by Gasteiger charge is -2.18. The van der Waals surface area contributed by atoms with Gasteiger partial charge in [0.25, 0.3) is 0 Å². The molecule has 0 aliphatic carbocycles. The van der Waals surface area contributed by atoms with Crippen molar-refractivity contribution in [2.45, 2.75) is 31.1 Å². The molecule has 0 heterocycles. The predicted octanol–water partition coefficient (Wildman–Crippen LogP) is 4.18. The van der Waals surface area contributed by atoms with E-state index in [1.807, 2.05) is 24.3 Å². The molecule has 2 aromatic rings. The molecule has 0 spiro atoms. The van der Waals surface area contributed by atoms with E-state index in [2.05, 4.69) is 26.1 Å². The summed E-state index contributed by atoms with van der Waals surface area (Å²) in [5.41, 5.74) is 1.88. The zero-order chi connectivity index (χ0) is 19.5. The molecule has 138 valence electrons. The van der Waals surface area contributed by atoms with Gasteiger partial charge in [0, 0.05) is 12.3 Å². The van der Waals surface area contributed by atoms with Crippen molar-refractivity contribution in [3.8, 4) is 0 Å². The van der Waals surface area contributed by atoms with Gasteiger partial charge >= 0.3 is 0 Å². The molecule has 0 aliphatic heterocycles. The summed E-state index contributed by atoms with van der Waals surface area (Å²) in [5.74, 6) is -1.25. The van der Waals surface area contributed by atoms with Crippen LogP contribution in [0, 0.1) is 5.82 Å². The third-order valence-corrected chi connectivity index (χ3v) is 4.94. The number of hydrogen-bond donors (Lipinski definition) is 1. The number of rotatable bonds is 4. The minimum atomic E-state index is -3.49. The van der Waals surface area contributed by atoms with Crippen molar-refractivity contribution in [3.63, 3.8) is 0 Å². The lowest BCUT2D eigenvalue weighted by atomic mass is 9.87. The molecular weight excluding hydrogens is 353 g/mol. The summed E-state index contributed by atoms with van der Waals surface area (Å²) in [6, 6.07) is 11.1. The van der Waals surface area contributed by atoms with Crippen molar-refractivity contribution < 1.29 is 17.6 Å². The average Bonchev–Trinajstić information content (AvgIpc) is 2.53. The number of sulfone groups is 1. The fraction of sp³-hybridized carbons (Fsp3) is 0.250. The highest BCUT2D eigenvalue weighted by molar-refractivity contribution is 7.90. The second-order valence-corrected chi connectivity index (χ2v) is 9.12. The number of carbonyl (C=O) groups is 1. The highest BCUT2D eigenvalue weighted by atomic mass is 32.2. The SMILES string of the molecule is CC(C)(C)c1ccc(/C=C/C(=O)Nc2cc(S(C)(=O)=O)ccc2F)cc1. The Morgan fingerprint density at radius 2 is 1.69 bits per heavy atom. The largest absolute Gasteiger partial charge is 0.320 e. The maximum Gasteiger partial charge on any atom is 0.248 e. The summed E-state index contributed by atoms with van der Waals surface area (Å²) in [7, 11) is -3.49. The average molecular weight is 375 g/mol. The molecule has 0 aromatic heterocycles. The molecule has 0 atom stereocenters. The first-order valence-electron chi connectivity index (χ1n) is 8.06. The molecule has 4 nitrogen and oxygen atoms in total. The van der Waals surface area contributed by atoms with E-state index < -0.39 is 21.6 Å². The third-order valence-electron chi connectivity index (χ3n) is 3.83. The Kier molecular flexibility index (Phi) is 5.66. The molecular formula is C20H22FNO3S. The normalized spacial score (nSPS) is 12.3. The first kappa shape index (κ1) is 19.8. The molecule has 1 N–H and O–H groups in total. The molecule has 2 rings (SSSR count). The minimum Gasteiger partial charge on any atom is -0.320 e. The van der Waals surface area contributed by atoms with E-state index in [0.717, 1.165) is 30.0 Å². The molecule has 0 fully saturated rings. The van der Waals surface area contributed by atoms with Crippen LogP contribution in [0.25, 0.3) is 6.08 Å². The van der Waals surface area contributed by atoms with Crippen molar-refractivity contribution >= 4 is 27.5 Å². The van der Waals surface area contributed by atoms with Crippen LogP contribution in [0.3, 0.4) is 0 Å². The maximum absolute atomic E-state index is 13.8. The Balaban J connectivity index is 2.13. The Morgan fingerprint density at radius 3 is 2.23 bits per heavy atom. The van der Waals surface area contributed by atoms with Crippen LogP contribution in [0.2, 0.25) is 0 Å². The quantitative estimate of drug-likeness (QED) is 0.644. The zero-order valence-corrected chi connectivity index (χ0v) is 16.0. The van der Waals surface area contributed by atoms with Gasteiger partial charge < -0.3 is 5.32 Å². The monoisotopic (exact) mass is 375 g/mol. The van der Waals surface area contributed by atoms with Crippen LogP contribution in [0.5, 0.6) is 0 Å². The molecule has 6 heteroatoms. The highest BCUT2D eigenvalue weighted by Gasteiger charge is 2.13. The molecule has 0 radical (unpaired) electrons. The molecule has 0 bridgehead atoms. The van der Waals surface area contributed by atoms with E-state index in [1.165, 1.54) is 11.6 Å². The number of anilines is 1. The van der Waals surface area contributed by atoms with E-state index in [0.29, 0.717) is 0 Å². The summed E-state index contributed by atoms with van der Waals surface area (Å²) in [5, 5.41) is 2.36. The Bertz CT molecular complexity index is 940. The second kappa shape index (κ2) is 7.41. The van der Waals surface area contributed by atoms with Gasteiger partial charge in [0.2, 0.25) is 5.91 Å². The first-order chi connectivity index (χ1) is 12.0. The predicted molar refractivity (Wildman–Crippen MR) is 102 cm³/mol. The Labute approximate surface area is 153 Å². The Hall–Kier alpha value is -2.47. The number of hydrogen-bond acceptors (Lipinski definition) is 3. The van der Waals surface area contributed by atoms with Crippen molar-refractivity contribution in [2.24, 2.45) is 0 Å². The van der Waals surface area contributed by atoms with Crippen LogP contribution in [0.15, 0.2) is 53.4 Å². The molecule has 2 aromatic carbocycles. The molecule has 0 saturated carbocycles. The maximum atomic E-state index is 13.8. The van der Waals surface area contributed by atoms with Crippen molar-refractivity contribution in [1.29, 1.82) is 0 Å². The summed E-state index contributed by atoms with van der Waals surface area (Å²) in [6.45, 7) is 6.35. The fourth-order valence-electron chi connectivity index (χ4n) is 2.27. The molecule has 1 amide bonds. The van der Waals surface area contributed by atoms with Gasteiger partial charge in [-0.2, -0.15) is 0 Å². The van der Waals surface area contributed by atoms with Gasteiger partial charge in [-0.3, -0.25) is 4.79 Å². The summed E-state index contributed by atoms with van der Waals surface area (Å²) in [6.07, 6.45) is 3.91. The van der Waals surface area contributed by atoms with E-state index in [-0.39, 0.29) is 16.0 Å². The molecule has 26 heavy (non-hydrogen) atoms. The smallest absolute Gasteiger partial charge is 0.248 e. The van der Waals surface area contributed by atoms with E-state index in [1.54, 1.807) is 6.08 Å². The highest BCUT2D eigenvalue weighted by Crippen LogP contribution is 2.23. The van der Waals surface area contributed by atoms with Crippen molar-refractivity contribution in [3.05, 3.63) is 65.5 Å². The van der Waals surface area contributed by atoms with Crippen molar-refractivity contribution in [1.82, 2.24) is 0 Å². The third kappa shape index (κ3) is 5.26. The Morgan fingerprint density at radius 1 is 1.08 bits per heavy atom. The molecule has 0 unspecified atom stereocenters. The van der Waals surface area contributed by atoms with Gasteiger partial charge in [-0.1, -0.05) is 45.0 Å². The minimum absolute atomic E-state index is 0.0434. The first-order valence-corrected chi connectivity index (χ1v) is 9.95. The fourth-order valence-corrected chi connectivity index (χ4v) is 2.92. The number of halogens is 1. The van der Waals surface area contributed by atoms with Gasteiger partial charge in [-0.15, -0.1) is 0 Å². The summed E-state index contributed by atoms with van der Waals surface area (Å²) in [4.78, 5) is 12.0. The van der Waals surface area contributed by atoms with Crippen LogP contribution in [-0.2, 0) is 20.0 Å². The van der Waals surface area contributed by atoms with Crippen LogP contribution < -0.4 is 5.32 Å². The zero-order valence-electron chi connectivity index (χ0n) is 15.2. The van der Waals surface area contributed by atoms with E-state index in [4.69, 9.17) is 0 Å². The van der Waals surface area contributed by atoms with Gasteiger partial charge in [-0.05, 0) is 40.8 Å².